The van der Waals surface area contributed by atoms with Crippen LogP contribution < -0.4 is 0 Å². The van der Waals surface area contributed by atoms with E-state index in [-0.39, 0.29) is 12.4 Å². The lowest BCUT2D eigenvalue weighted by Crippen LogP contribution is -2.41. The van der Waals surface area contributed by atoms with Crippen LogP contribution in [0, 0.1) is 0 Å². The number of rotatable bonds is 6. The van der Waals surface area contributed by atoms with E-state index in [1.54, 1.807) is 0 Å². The van der Waals surface area contributed by atoms with Crippen molar-refractivity contribution >= 4 is 11.9 Å². The number of carboxylic acids is 2. The van der Waals surface area contributed by atoms with E-state index in [1.165, 1.54) is 24.3 Å². The summed E-state index contributed by atoms with van der Waals surface area (Å²) >= 11 is 0. The van der Waals surface area contributed by atoms with Crippen LogP contribution in [0.2, 0.25) is 0 Å². The number of aliphatic hydroxyl groups excluding tert-OH is 1. The summed E-state index contributed by atoms with van der Waals surface area (Å²) in [6, 6.07) is 5.73. The third-order valence-electron chi connectivity index (χ3n) is 2.15. The van der Waals surface area contributed by atoms with Crippen LogP contribution in [0.1, 0.15) is 5.56 Å². The summed E-state index contributed by atoms with van der Waals surface area (Å²) in [5, 5.41) is 35.4. The topological polar surface area (TPSA) is 124 Å². The number of phenolic OH excluding ortho intramolecular Hbond substituents is 1. The molecule has 1 aromatic rings. The van der Waals surface area contributed by atoms with Crippen molar-refractivity contribution in [3.63, 3.8) is 0 Å². The van der Waals surface area contributed by atoms with Gasteiger partial charge in [-0.15, -0.1) is 0 Å². The number of carbonyl (C=O) groups is 2. The van der Waals surface area contributed by atoms with Crippen LogP contribution in [0.5, 0.6) is 5.75 Å². The molecule has 0 amide bonds. The molecular formula is C11H12O7. The van der Waals surface area contributed by atoms with Crippen molar-refractivity contribution in [3.8, 4) is 5.75 Å². The largest absolute Gasteiger partial charge is 0.508 e. The highest BCUT2D eigenvalue weighted by Gasteiger charge is 2.32. The number of hydrogen-bond donors (Lipinski definition) is 4. The van der Waals surface area contributed by atoms with Crippen LogP contribution in [-0.2, 0) is 20.9 Å². The summed E-state index contributed by atoms with van der Waals surface area (Å²) < 4.78 is 4.84. The normalized spacial score (nSPS) is 13.8. The summed E-state index contributed by atoms with van der Waals surface area (Å²) in [5.74, 6) is -3.20. The Balaban J connectivity index is 2.65. The maximum Gasteiger partial charge on any atom is 0.336 e. The average molecular weight is 256 g/mol. The highest BCUT2D eigenvalue weighted by Crippen LogP contribution is 2.12. The van der Waals surface area contributed by atoms with Crippen molar-refractivity contribution in [3.05, 3.63) is 29.8 Å². The summed E-state index contributed by atoms with van der Waals surface area (Å²) in [6.45, 7) is -0.193. The highest BCUT2D eigenvalue weighted by molar-refractivity contribution is 5.83. The van der Waals surface area contributed by atoms with Gasteiger partial charge in [-0.25, -0.2) is 9.59 Å². The third kappa shape index (κ3) is 3.72. The number of hydrogen-bond acceptors (Lipinski definition) is 5. The summed E-state index contributed by atoms with van der Waals surface area (Å²) in [6.07, 6.45) is -3.99. The van der Waals surface area contributed by atoms with Crippen molar-refractivity contribution in [2.24, 2.45) is 0 Å². The minimum Gasteiger partial charge on any atom is -0.508 e. The molecule has 0 bridgehead atoms. The van der Waals surface area contributed by atoms with E-state index in [9.17, 15) is 9.59 Å². The Kier molecular flexibility index (Phi) is 4.64. The molecule has 0 heterocycles. The number of phenols is 1. The van der Waals surface area contributed by atoms with Crippen molar-refractivity contribution in [2.45, 2.75) is 18.8 Å². The summed E-state index contributed by atoms with van der Waals surface area (Å²) in [4.78, 5) is 21.2. The number of aliphatic carboxylic acids is 2. The molecule has 1 aromatic carbocycles. The van der Waals surface area contributed by atoms with Crippen molar-refractivity contribution in [1.29, 1.82) is 0 Å². The van der Waals surface area contributed by atoms with Gasteiger partial charge in [0.05, 0.1) is 6.61 Å². The van der Waals surface area contributed by atoms with E-state index in [0.717, 1.165) is 0 Å². The molecule has 2 unspecified atom stereocenters. The van der Waals surface area contributed by atoms with Gasteiger partial charge < -0.3 is 25.2 Å². The Bertz CT molecular complexity index is 426. The Morgan fingerprint density at radius 1 is 1.11 bits per heavy atom. The fourth-order valence-electron chi connectivity index (χ4n) is 1.21. The van der Waals surface area contributed by atoms with Crippen molar-refractivity contribution in [1.82, 2.24) is 0 Å². The quantitative estimate of drug-likeness (QED) is 0.555. The van der Waals surface area contributed by atoms with Gasteiger partial charge in [0.1, 0.15) is 5.75 Å². The van der Waals surface area contributed by atoms with Gasteiger partial charge in [0.25, 0.3) is 0 Å². The van der Waals surface area contributed by atoms with Crippen LogP contribution in [0.4, 0.5) is 0 Å². The summed E-state index contributed by atoms with van der Waals surface area (Å²) in [7, 11) is 0. The standard InChI is InChI=1S/C11H12O7/c12-7-3-1-6(2-4-7)5-18-9(11(16)17)8(13)10(14)15/h1-4,8-9,12-13H,5H2,(H,14,15)(H,16,17). The lowest BCUT2D eigenvalue weighted by molar-refractivity contribution is -0.172. The number of carboxylic acid groups (broad SMARTS) is 2. The highest BCUT2D eigenvalue weighted by atomic mass is 16.5. The van der Waals surface area contributed by atoms with Gasteiger partial charge in [-0.1, -0.05) is 12.1 Å². The molecule has 0 aromatic heterocycles. The Hall–Kier alpha value is -2.12. The zero-order valence-electron chi connectivity index (χ0n) is 9.18. The van der Waals surface area contributed by atoms with Crippen molar-refractivity contribution in [2.75, 3.05) is 0 Å². The molecule has 0 spiro atoms. The molecule has 0 aliphatic carbocycles. The molecule has 0 fully saturated rings. The smallest absolute Gasteiger partial charge is 0.336 e. The zero-order valence-corrected chi connectivity index (χ0v) is 9.18. The van der Waals surface area contributed by atoms with Crippen LogP contribution in [-0.4, -0.2) is 44.6 Å². The second-order valence-electron chi connectivity index (χ2n) is 3.52. The van der Waals surface area contributed by atoms with Crippen molar-refractivity contribution < 1.29 is 34.8 Å². The fourth-order valence-corrected chi connectivity index (χ4v) is 1.21. The number of benzene rings is 1. The van der Waals surface area contributed by atoms with Crippen LogP contribution >= 0.6 is 0 Å². The molecule has 98 valence electrons. The Labute approximate surface area is 102 Å². The minimum atomic E-state index is -2.14. The number of ether oxygens (including phenoxy) is 1. The molecule has 4 N–H and O–H groups in total. The third-order valence-corrected chi connectivity index (χ3v) is 2.15. The average Bonchev–Trinajstić information content (AvgIpc) is 2.31. The van der Waals surface area contributed by atoms with Gasteiger partial charge in [0.2, 0.25) is 0 Å². The molecule has 18 heavy (non-hydrogen) atoms. The maximum atomic E-state index is 10.7. The molecule has 0 saturated carbocycles. The second-order valence-corrected chi connectivity index (χ2v) is 3.52. The molecule has 0 aliphatic rings. The van der Waals surface area contributed by atoms with Gasteiger partial charge in [0.15, 0.2) is 12.2 Å². The molecule has 0 aliphatic heterocycles. The van der Waals surface area contributed by atoms with E-state index in [0.29, 0.717) is 5.56 Å². The molecule has 7 nitrogen and oxygen atoms in total. The first-order valence-electron chi connectivity index (χ1n) is 4.95. The van der Waals surface area contributed by atoms with E-state index in [4.69, 9.17) is 25.2 Å². The minimum absolute atomic E-state index is 0.0408. The van der Waals surface area contributed by atoms with Gasteiger partial charge in [-0.2, -0.15) is 0 Å². The summed E-state index contributed by atoms with van der Waals surface area (Å²) in [5.41, 5.74) is 0.539. The van der Waals surface area contributed by atoms with E-state index in [1.807, 2.05) is 0 Å². The molecule has 0 saturated heterocycles. The first-order chi connectivity index (χ1) is 8.41. The first-order valence-corrected chi connectivity index (χ1v) is 4.95. The zero-order chi connectivity index (χ0) is 13.7. The van der Waals surface area contributed by atoms with Gasteiger partial charge >= 0.3 is 11.9 Å². The SMILES string of the molecule is O=C(O)C(O)C(OCc1ccc(O)cc1)C(=O)O. The predicted molar refractivity (Wildman–Crippen MR) is 58.0 cm³/mol. The van der Waals surface area contributed by atoms with Gasteiger partial charge in [-0.3, -0.25) is 0 Å². The first kappa shape index (κ1) is 13.9. The van der Waals surface area contributed by atoms with E-state index >= 15 is 0 Å². The maximum absolute atomic E-state index is 10.7. The van der Waals surface area contributed by atoms with Crippen LogP contribution in [0.3, 0.4) is 0 Å². The van der Waals surface area contributed by atoms with E-state index < -0.39 is 24.1 Å². The van der Waals surface area contributed by atoms with Crippen LogP contribution in [0.15, 0.2) is 24.3 Å². The predicted octanol–water partition coefficient (Wildman–Crippen LogP) is -0.193. The number of aromatic hydroxyl groups is 1. The van der Waals surface area contributed by atoms with Gasteiger partial charge in [-0.05, 0) is 17.7 Å². The van der Waals surface area contributed by atoms with Crippen LogP contribution in [0.25, 0.3) is 0 Å². The molecule has 1 rings (SSSR count). The lowest BCUT2D eigenvalue weighted by atomic mass is 10.2. The fraction of sp³-hybridized carbons (Fsp3) is 0.273. The molecule has 2 atom stereocenters. The Morgan fingerprint density at radius 3 is 2.11 bits per heavy atom. The Morgan fingerprint density at radius 2 is 1.67 bits per heavy atom. The number of aliphatic hydroxyl groups is 1. The monoisotopic (exact) mass is 256 g/mol. The second kappa shape index (κ2) is 5.99. The lowest BCUT2D eigenvalue weighted by Gasteiger charge is -2.16. The molecular weight excluding hydrogens is 244 g/mol. The molecule has 0 radical (unpaired) electrons. The van der Waals surface area contributed by atoms with Gasteiger partial charge in [0, 0.05) is 0 Å². The van der Waals surface area contributed by atoms with E-state index in [2.05, 4.69) is 0 Å². The molecule has 7 heteroatoms.